The first-order chi connectivity index (χ1) is 7.41. The minimum atomic E-state index is -0.0925. The monoisotopic (exact) mass is 242 g/mol. The number of halogens is 2. The lowest BCUT2D eigenvalue weighted by molar-refractivity contribution is 0.549. The van der Waals surface area contributed by atoms with Crippen LogP contribution in [-0.4, -0.2) is 5.38 Å². The number of rotatable bonds is 4. The summed E-state index contributed by atoms with van der Waals surface area (Å²) in [6, 6.07) is 3.62. The first-order valence-corrected chi connectivity index (χ1v) is 6.25. The predicted molar refractivity (Wildman–Crippen MR) is 68.7 cm³/mol. The van der Waals surface area contributed by atoms with E-state index in [0.29, 0.717) is 5.92 Å². The van der Waals surface area contributed by atoms with E-state index in [9.17, 15) is 4.39 Å². The Balaban J connectivity index is 2.74. The fourth-order valence-corrected chi connectivity index (χ4v) is 1.99. The fourth-order valence-electron chi connectivity index (χ4n) is 1.88. The van der Waals surface area contributed by atoms with Gasteiger partial charge in [-0.3, -0.25) is 0 Å². The van der Waals surface area contributed by atoms with Crippen molar-refractivity contribution in [3.63, 3.8) is 0 Å². The second kappa shape index (κ2) is 5.67. The van der Waals surface area contributed by atoms with E-state index in [-0.39, 0.29) is 11.2 Å². The molecule has 1 rings (SSSR count). The van der Waals surface area contributed by atoms with Crippen molar-refractivity contribution in [1.82, 2.24) is 0 Å². The van der Waals surface area contributed by atoms with Gasteiger partial charge in [-0.2, -0.15) is 0 Å². The minimum absolute atomic E-state index is 0.0925. The number of aryl methyl sites for hydroxylation is 2. The van der Waals surface area contributed by atoms with Gasteiger partial charge in [-0.15, -0.1) is 11.6 Å². The average molecular weight is 243 g/mol. The minimum Gasteiger partial charge on any atom is -0.207 e. The Hall–Kier alpha value is -0.560. The van der Waals surface area contributed by atoms with Gasteiger partial charge in [0, 0.05) is 5.38 Å². The quantitative estimate of drug-likeness (QED) is 0.675. The second-order valence-electron chi connectivity index (χ2n) is 4.84. The smallest absolute Gasteiger partial charge is 0.126 e. The molecule has 90 valence electrons. The highest BCUT2D eigenvalue weighted by atomic mass is 35.5. The van der Waals surface area contributed by atoms with Crippen molar-refractivity contribution >= 4 is 11.6 Å². The molecule has 2 heteroatoms. The van der Waals surface area contributed by atoms with E-state index < -0.39 is 0 Å². The largest absolute Gasteiger partial charge is 0.207 e. The Morgan fingerprint density at radius 2 is 1.88 bits per heavy atom. The molecule has 1 aromatic rings. The second-order valence-corrected chi connectivity index (χ2v) is 5.40. The van der Waals surface area contributed by atoms with Gasteiger partial charge in [0.2, 0.25) is 0 Å². The summed E-state index contributed by atoms with van der Waals surface area (Å²) in [5.41, 5.74) is 2.83. The van der Waals surface area contributed by atoms with Gasteiger partial charge >= 0.3 is 0 Å². The maximum absolute atomic E-state index is 13.7. The van der Waals surface area contributed by atoms with Crippen molar-refractivity contribution in [2.45, 2.75) is 45.9 Å². The SMILES string of the molecule is Cc1cc(C)c(CCC(Cl)C(C)C)c(F)c1. The van der Waals surface area contributed by atoms with Gasteiger partial charge in [-0.25, -0.2) is 4.39 Å². The summed E-state index contributed by atoms with van der Waals surface area (Å²) in [5, 5.41) is 0.125. The Morgan fingerprint density at radius 3 is 2.38 bits per heavy atom. The summed E-state index contributed by atoms with van der Waals surface area (Å²) in [6.45, 7) is 8.06. The molecule has 0 radical (unpaired) electrons. The van der Waals surface area contributed by atoms with Gasteiger partial charge in [0.1, 0.15) is 5.82 Å². The molecule has 1 unspecified atom stereocenters. The van der Waals surface area contributed by atoms with E-state index in [0.717, 1.165) is 29.5 Å². The van der Waals surface area contributed by atoms with E-state index in [4.69, 9.17) is 11.6 Å². The van der Waals surface area contributed by atoms with E-state index in [1.807, 2.05) is 19.9 Å². The summed E-state index contributed by atoms with van der Waals surface area (Å²) in [7, 11) is 0. The summed E-state index contributed by atoms with van der Waals surface area (Å²) in [6.07, 6.45) is 1.56. The Morgan fingerprint density at radius 1 is 1.25 bits per heavy atom. The van der Waals surface area contributed by atoms with Crippen LogP contribution >= 0.6 is 11.6 Å². The van der Waals surface area contributed by atoms with Crippen molar-refractivity contribution in [2.24, 2.45) is 5.92 Å². The molecular weight excluding hydrogens is 223 g/mol. The molecule has 0 aromatic heterocycles. The summed E-state index contributed by atoms with van der Waals surface area (Å²) < 4.78 is 13.7. The highest BCUT2D eigenvalue weighted by Crippen LogP contribution is 2.21. The molecule has 0 heterocycles. The van der Waals surface area contributed by atoms with Crippen LogP contribution in [0.1, 0.15) is 37.0 Å². The summed E-state index contributed by atoms with van der Waals surface area (Å²) >= 11 is 6.18. The molecule has 0 N–H and O–H groups in total. The molecule has 0 aliphatic carbocycles. The van der Waals surface area contributed by atoms with Gasteiger partial charge in [-0.05, 0) is 55.4 Å². The lowest BCUT2D eigenvalue weighted by atomic mass is 9.97. The van der Waals surface area contributed by atoms with Gasteiger partial charge in [0.25, 0.3) is 0 Å². The molecule has 0 bridgehead atoms. The molecule has 0 amide bonds. The number of benzene rings is 1. The number of hydrogen-bond acceptors (Lipinski definition) is 0. The predicted octanol–water partition coefficient (Wildman–Crippen LogP) is 4.64. The molecule has 0 aliphatic rings. The topological polar surface area (TPSA) is 0 Å². The van der Waals surface area contributed by atoms with Crippen LogP contribution < -0.4 is 0 Å². The van der Waals surface area contributed by atoms with Crippen LogP contribution in [0, 0.1) is 25.6 Å². The molecule has 0 fully saturated rings. The Kier molecular flexibility index (Phi) is 4.79. The number of hydrogen-bond donors (Lipinski definition) is 0. The van der Waals surface area contributed by atoms with Gasteiger partial charge in [0.05, 0.1) is 0 Å². The van der Waals surface area contributed by atoms with E-state index in [1.54, 1.807) is 6.07 Å². The van der Waals surface area contributed by atoms with Crippen molar-refractivity contribution in [3.05, 3.63) is 34.6 Å². The normalized spacial score (nSPS) is 13.2. The summed E-state index contributed by atoms with van der Waals surface area (Å²) in [4.78, 5) is 0. The number of alkyl halides is 1. The van der Waals surface area contributed by atoms with Crippen LogP contribution in [-0.2, 0) is 6.42 Å². The van der Waals surface area contributed by atoms with Crippen LogP contribution in [0.15, 0.2) is 12.1 Å². The molecule has 0 nitrogen and oxygen atoms in total. The third-order valence-corrected chi connectivity index (χ3v) is 3.68. The van der Waals surface area contributed by atoms with Crippen LogP contribution in [0.4, 0.5) is 4.39 Å². The molecule has 0 saturated carbocycles. The van der Waals surface area contributed by atoms with Gasteiger partial charge in [0.15, 0.2) is 0 Å². The van der Waals surface area contributed by atoms with E-state index in [2.05, 4.69) is 13.8 Å². The van der Waals surface area contributed by atoms with Gasteiger partial charge < -0.3 is 0 Å². The molecular formula is C14H20ClF. The third-order valence-electron chi connectivity index (χ3n) is 2.96. The van der Waals surface area contributed by atoms with Gasteiger partial charge in [-0.1, -0.05) is 19.9 Å². The zero-order valence-electron chi connectivity index (χ0n) is 10.5. The molecule has 16 heavy (non-hydrogen) atoms. The van der Waals surface area contributed by atoms with Crippen molar-refractivity contribution < 1.29 is 4.39 Å². The Bertz CT molecular complexity index is 335. The lowest BCUT2D eigenvalue weighted by Gasteiger charge is -2.14. The van der Waals surface area contributed by atoms with E-state index >= 15 is 0 Å². The molecule has 1 aromatic carbocycles. The molecule has 0 spiro atoms. The Labute approximate surface area is 103 Å². The highest BCUT2D eigenvalue weighted by Gasteiger charge is 2.12. The fraction of sp³-hybridized carbons (Fsp3) is 0.571. The van der Waals surface area contributed by atoms with E-state index in [1.165, 1.54) is 0 Å². The van der Waals surface area contributed by atoms with Crippen molar-refractivity contribution in [3.8, 4) is 0 Å². The molecule has 1 atom stereocenters. The molecule has 0 saturated heterocycles. The molecule has 0 aliphatic heterocycles. The van der Waals surface area contributed by atoms with Crippen LogP contribution in [0.3, 0.4) is 0 Å². The zero-order valence-corrected chi connectivity index (χ0v) is 11.2. The van der Waals surface area contributed by atoms with Crippen molar-refractivity contribution in [1.29, 1.82) is 0 Å². The summed E-state index contributed by atoms with van der Waals surface area (Å²) in [5.74, 6) is 0.348. The third kappa shape index (κ3) is 3.48. The first-order valence-electron chi connectivity index (χ1n) is 5.81. The lowest BCUT2D eigenvalue weighted by Crippen LogP contribution is -2.10. The van der Waals surface area contributed by atoms with Crippen LogP contribution in [0.25, 0.3) is 0 Å². The van der Waals surface area contributed by atoms with Crippen LogP contribution in [0.2, 0.25) is 0 Å². The van der Waals surface area contributed by atoms with Crippen LogP contribution in [0.5, 0.6) is 0 Å². The standard InChI is InChI=1S/C14H20ClF/c1-9(2)13(15)6-5-12-11(4)7-10(3)8-14(12)16/h7-9,13H,5-6H2,1-4H3. The maximum atomic E-state index is 13.7. The highest BCUT2D eigenvalue weighted by molar-refractivity contribution is 6.20. The van der Waals surface area contributed by atoms with Crippen molar-refractivity contribution in [2.75, 3.05) is 0 Å². The average Bonchev–Trinajstić information content (AvgIpc) is 2.15. The first kappa shape index (κ1) is 13.5. The zero-order chi connectivity index (χ0) is 12.3. The maximum Gasteiger partial charge on any atom is 0.126 e.